The summed E-state index contributed by atoms with van der Waals surface area (Å²) in [4.78, 5) is 0. The molecule has 0 radical (unpaired) electrons. The molecule has 5 heteroatoms. The zero-order valence-corrected chi connectivity index (χ0v) is 10.3. The maximum atomic E-state index is 12.2. The molecule has 1 N–H and O–H groups in total. The molecule has 3 nitrogen and oxygen atoms in total. The third-order valence-corrected chi connectivity index (χ3v) is 2.97. The highest BCUT2D eigenvalue weighted by Crippen LogP contribution is 2.32. The van der Waals surface area contributed by atoms with E-state index in [0.717, 1.165) is 23.5 Å². The number of nitrogens with one attached hydrogen (secondary N) is 1. The predicted molar refractivity (Wildman–Crippen MR) is 64.4 cm³/mol. The Morgan fingerprint density at radius 3 is 2.78 bits per heavy atom. The lowest BCUT2D eigenvalue weighted by atomic mass is 10.0. The largest absolute Gasteiger partial charge is 0.454 e. The molecule has 0 saturated carbocycles. The molecular formula is C13H17F2NO2. The molecule has 1 atom stereocenters. The minimum atomic E-state index is -2.31. The minimum absolute atomic E-state index is 0.0550. The normalized spacial score (nSPS) is 15.1. The fourth-order valence-corrected chi connectivity index (χ4v) is 1.97. The Balaban J connectivity index is 1.94. The van der Waals surface area contributed by atoms with Gasteiger partial charge in [0.05, 0.1) is 6.54 Å². The van der Waals surface area contributed by atoms with Crippen molar-refractivity contribution in [1.29, 1.82) is 0 Å². The van der Waals surface area contributed by atoms with E-state index in [-0.39, 0.29) is 19.4 Å². The maximum Gasteiger partial charge on any atom is 0.250 e. The van der Waals surface area contributed by atoms with Gasteiger partial charge in [0.15, 0.2) is 11.5 Å². The smallest absolute Gasteiger partial charge is 0.250 e. The van der Waals surface area contributed by atoms with Gasteiger partial charge in [0.1, 0.15) is 0 Å². The second kappa shape index (κ2) is 6.00. The van der Waals surface area contributed by atoms with Crippen LogP contribution in [0.25, 0.3) is 0 Å². The van der Waals surface area contributed by atoms with Gasteiger partial charge in [0.25, 0.3) is 6.43 Å². The highest BCUT2D eigenvalue weighted by atomic mass is 19.3. The van der Waals surface area contributed by atoms with Gasteiger partial charge in [0.2, 0.25) is 6.79 Å². The number of hydrogen-bond donors (Lipinski definition) is 1. The second-order valence-corrected chi connectivity index (χ2v) is 4.30. The first-order valence-electron chi connectivity index (χ1n) is 6.09. The van der Waals surface area contributed by atoms with Crippen LogP contribution in [0, 0.1) is 0 Å². The van der Waals surface area contributed by atoms with Gasteiger partial charge in [-0.25, -0.2) is 8.78 Å². The van der Waals surface area contributed by atoms with Crippen molar-refractivity contribution in [3.63, 3.8) is 0 Å². The number of alkyl halides is 2. The van der Waals surface area contributed by atoms with Crippen molar-refractivity contribution < 1.29 is 18.3 Å². The van der Waals surface area contributed by atoms with Gasteiger partial charge < -0.3 is 14.8 Å². The molecule has 1 heterocycles. The van der Waals surface area contributed by atoms with Gasteiger partial charge in [-0.05, 0) is 30.5 Å². The van der Waals surface area contributed by atoms with Gasteiger partial charge in [-0.1, -0.05) is 13.0 Å². The Kier molecular flexibility index (Phi) is 4.36. The van der Waals surface area contributed by atoms with Crippen LogP contribution in [0.4, 0.5) is 8.78 Å². The molecule has 18 heavy (non-hydrogen) atoms. The summed E-state index contributed by atoms with van der Waals surface area (Å²) in [5.41, 5.74) is 1.06. The standard InChI is InChI=1S/C13H17F2NO2/c1-2-10(16-7-13(14)15)5-9-3-4-11-12(6-9)18-8-17-11/h3-4,6,10,13,16H,2,5,7-8H2,1H3. The van der Waals surface area contributed by atoms with Crippen LogP contribution >= 0.6 is 0 Å². The third kappa shape index (κ3) is 3.32. The molecule has 1 aliphatic heterocycles. The fraction of sp³-hybridized carbons (Fsp3) is 0.538. The van der Waals surface area contributed by atoms with E-state index in [1.54, 1.807) is 0 Å². The average molecular weight is 257 g/mol. The molecule has 0 aromatic heterocycles. The Hall–Kier alpha value is -1.36. The molecule has 1 aromatic carbocycles. The van der Waals surface area contributed by atoms with Gasteiger partial charge in [-0.2, -0.15) is 0 Å². The Bertz CT molecular complexity index is 399. The molecule has 0 spiro atoms. The van der Waals surface area contributed by atoms with Crippen molar-refractivity contribution in [1.82, 2.24) is 5.32 Å². The lowest BCUT2D eigenvalue weighted by Crippen LogP contribution is -2.34. The molecule has 0 fully saturated rings. The highest BCUT2D eigenvalue weighted by molar-refractivity contribution is 5.44. The van der Waals surface area contributed by atoms with E-state index in [9.17, 15) is 8.78 Å². The zero-order valence-electron chi connectivity index (χ0n) is 10.3. The summed E-state index contributed by atoms with van der Waals surface area (Å²) in [7, 11) is 0. The average Bonchev–Trinajstić information content (AvgIpc) is 2.81. The quantitative estimate of drug-likeness (QED) is 0.849. The summed E-state index contributed by atoms with van der Waals surface area (Å²) in [6.45, 7) is 1.97. The van der Waals surface area contributed by atoms with E-state index in [1.165, 1.54) is 0 Å². The molecule has 0 bridgehead atoms. The second-order valence-electron chi connectivity index (χ2n) is 4.30. The molecule has 1 unspecified atom stereocenters. The number of hydrogen-bond acceptors (Lipinski definition) is 3. The number of fused-ring (bicyclic) bond motifs is 1. The first-order chi connectivity index (χ1) is 8.69. The van der Waals surface area contributed by atoms with Gasteiger partial charge in [-0.15, -0.1) is 0 Å². The Labute approximate surface area is 105 Å². The predicted octanol–water partition coefficient (Wildman–Crippen LogP) is 2.59. The Morgan fingerprint density at radius 2 is 2.06 bits per heavy atom. The van der Waals surface area contributed by atoms with E-state index in [0.29, 0.717) is 6.42 Å². The molecule has 2 rings (SSSR count). The van der Waals surface area contributed by atoms with E-state index in [1.807, 2.05) is 25.1 Å². The summed E-state index contributed by atoms with van der Waals surface area (Å²) in [5, 5.41) is 2.86. The van der Waals surface area contributed by atoms with Crippen LogP contribution in [-0.2, 0) is 6.42 Å². The van der Waals surface area contributed by atoms with E-state index in [2.05, 4.69) is 5.32 Å². The summed E-state index contributed by atoms with van der Waals surface area (Å²) in [6.07, 6.45) is -0.795. The van der Waals surface area contributed by atoms with Crippen molar-refractivity contribution in [3.8, 4) is 11.5 Å². The molecule has 1 aliphatic rings. The summed E-state index contributed by atoms with van der Waals surface area (Å²) < 4.78 is 34.8. The summed E-state index contributed by atoms with van der Waals surface area (Å²) >= 11 is 0. The molecule has 0 aliphatic carbocycles. The van der Waals surface area contributed by atoms with Crippen molar-refractivity contribution in [2.24, 2.45) is 0 Å². The lowest BCUT2D eigenvalue weighted by Gasteiger charge is -2.16. The molecule has 0 amide bonds. The van der Waals surface area contributed by atoms with Crippen molar-refractivity contribution in [2.75, 3.05) is 13.3 Å². The number of benzene rings is 1. The first kappa shape index (κ1) is 13.1. The molecular weight excluding hydrogens is 240 g/mol. The topological polar surface area (TPSA) is 30.5 Å². The van der Waals surface area contributed by atoms with Gasteiger partial charge >= 0.3 is 0 Å². The lowest BCUT2D eigenvalue weighted by molar-refractivity contribution is 0.141. The summed E-state index contributed by atoms with van der Waals surface area (Å²) in [6, 6.07) is 5.77. The molecule has 1 aromatic rings. The van der Waals surface area contributed by atoms with E-state index in [4.69, 9.17) is 9.47 Å². The van der Waals surface area contributed by atoms with E-state index < -0.39 is 6.43 Å². The minimum Gasteiger partial charge on any atom is -0.454 e. The van der Waals surface area contributed by atoms with Crippen LogP contribution in [0.2, 0.25) is 0 Å². The van der Waals surface area contributed by atoms with Gasteiger partial charge in [0, 0.05) is 6.04 Å². The van der Waals surface area contributed by atoms with Crippen LogP contribution in [0.3, 0.4) is 0 Å². The maximum absolute atomic E-state index is 12.2. The Morgan fingerprint density at radius 1 is 1.28 bits per heavy atom. The summed E-state index contributed by atoms with van der Waals surface area (Å²) in [5.74, 6) is 1.48. The SMILES string of the molecule is CCC(Cc1ccc2c(c1)OCO2)NCC(F)F. The molecule has 100 valence electrons. The van der Waals surface area contributed by atoms with Crippen LogP contribution in [0.15, 0.2) is 18.2 Å². The van der Waals surface area contributed by atoms with Crippen LogP contribution < -0.4 is 14.8 Å². The van der Waals surface area contributed by atoms with Gasteiger partial charge in [-0.3, -0.25) is 0 Å². The molecule has 0 saturated heterocycles. The third-order valence-electron chi connectivity index (χ3n) is 2.97. The monoisotopic (exact) mass is 257 g/mol. The number of rotatable bonds is 6. The van der Waals surface area contributed by atoms with Crippen molar-refractivity contribution >= 4 is 0 Å². The van der Waals surface area contributed by atoms with Crippen molar-refractivity contribution in [2.45, 2.75) is 32.2 Å². The number of halogens is 2. The first-order valence-corrected chi connectivity index (χ1v) is 6.09. The van der Waals surface area contributed by atoms with Crippen LogP contribution in [0.5, 0.6) is 11.5 Å². The van der Waals surface area contributed by atoms with Crippen LogP contribution in [-0.4, -0.2) is 25.8 Å². The van der Waals surface area contributed by atoms with Crippen molar-refractivity contribution in [3.05, 3.63) is 23.8 Å². The fourth-order valence-electron chi connectivity index (χ4n) is 1.97. The van der Waals surface area contributed by atoms with E-state index >= 15 is 0 Å². The number of ether oxygens (including phenoxy) is 2. The zero-order chi connectivity index (χ0) is 13.0. The highest BCUT2D eigenvalue weighted by Gasteiger charge is 2.15. The van der Waals surface area contributed by atoms with Crippen LogP contribution in [0.1, 0.15) is 18.9 Å².